The molecule has 3 amide bonds. The van der Waals surface area contributed by atoms with E-state index in [2.05, 4.69) is 10.6 Å². The monoisotopic (exact) mass is 245 g/mol. The van der Waals surface area contributed by atoms with Crippen molar-refractivity contribution in [3.8, 4) is 0 Å². The number of primary amides is 1. The number of carbonyl (C=O) groups is 2. The molecular weight excluding hydrogens is 222 g/mol. The molecule has 17 heavy (non-hydrogen) atoms. The van der Waals surface area contributed by atoms with Crippen LogP contribution in [0.2, 0.25) is 0 Å². The minimum atomic E-state index is -0.734. The fraction of sp³-hybridized carbons (Fsp3) is 0.818. The topological polar surface area (TPSA) is 104 Å². The Balaban J connectivity index is 4.45. The van der Waals surface area contributed by atoms with Gasteiger partial charge in [-0.15, -0.1) is 0 Å². The Hall–Kier alpha value is -1.30. The van der Waals surface area contributed by atoms with Gasteiger partial charge >= 0.3 is 6.03 Å². The molecule has 0 saturated carbocycles. The van der Waals surface area contributed by atoms with Crippen molar-refractivity contribution in [2.75, 3.05) is 6.61 Å². The molecule has 0 radical (unpaired) electrons. The number of aliphatic hydroxyl groups excluding tert-OH is 1. The lowest BCUT2D eigenvalue weighted by Gasteiger charge is -2.32. The van der Waals surface area contributed by atoms with Crippen LogP contribution in [0.5, 0.6) is 0 Å². The molecule has 0 heterocycles. The molecule has 2 atom stereocenters. The number of carbonyl (C=O) groups excluding carboxylic acids is 2. The third-order valence-corrected chi connectivity index (χ3v) is 2.53. The van der Waals surface area contributed by atoms with Crippen LogP contribution >= 0.6 is 0 Å². The van der Waals surface area contributed by atoms with Crippen LogP contribution in [0.1, 0.15) is 34.1 Å². The number of nitrogens with one attached hydrogen (secondary N) is 2. The van der Waals surface area contributed by atoms with Crippen LogP contribution in [0.4, 0.5) is 4.79 Å². The van der Waals surface area contributed by atoms with E-state index in [1.807, 2.05) is 20.8 Å². The zero-order chi connectivity index (χ0) is 13.6. The van der Waals surface area contributed by atoms with E-state index in [9.17, 15) is 9.59 Å². The van der Waals surface area contributed by atoms with Gasteiger partial charge < -0.3 is 21.5 Å². The minimum absolute atomic E-state index is 0.000153. The van der Waals surface area contributed by atoms with Crippen molar-refractivity contribution in [1.82, 2.24) is 10.6 Å². The Bertz CT molecular complexity index is 274. The van der Waals surface area contributed by atoms with E-state index >= 15 is 0 Å². The number of aliphatic hydroxyl groups is 1. The Kier molecular flexibility index (Phi) is 5.95. The summed E-state index contributed by atoms with van der Waals surface area (Å²) >= 11 is 0. The van der Waals surface area contributed by atoms with Gasteiger partial charge in [-0.25, -0.2) is 4.79 Å². The molecule has 0 aliphatic carbocycles. The van der Waals surface area contributed by atoms with E-state index in [1.165, 1.54) is 0 Å². The van der Waals surface area contributed by atoms with Crippen LogP contribution in [-0.2, 0) is 4.79 Å². The Morgan fingerprint density at radius 3 is 2.18 bits per heavy atom. The second-order valence-electron chi connectivity index (χ2n) is 5.17. The maximum atomic E-state index is 11.7. The van der Waals surface area contributed by atoms with Gasteiger partial charge in [0, 0.05) is 12.6 Å². The van der Waals surface area contributed by atoms with E-state index < -0.39 is 12.1 Å². The molecule has 6 heteroatoms. The maximum absolute atomic E-state index is 11.7. The van der Waals surface area contributed by atoms with Crippen LogP contribution in [-0.4, -0.2) is 35.7 Å². The van der Waals surface area contributed by atoms with Gasteiger partial charge in [-0.2, -0.15) is 0 Å². The normalized spacial score (nSPS) is 14.9. The van der Waals surface area contributed by atoms with Crippen molar-refractivity contribution in [1.29, 1.82) is 0 Å². The van der Waals surface area contributed by atoms with Gasteiger partial charge in [-0.1, -0.05) is 20.8 Å². The van der Waals surface area contributed by atoms with Crippen molar-refractivity contribution >= 4 is 11.9 Å². The van der Waals surface area contributed by atoms with Gasteiger partial charge in [0.25, 0.3) is 0 Å². The highest BCUT2D eigenvalue weighted by atomic mass is 16.3. The second kappa shape index (κ2) is 6.44. The summed E-state index contributed by atoms with van der Waals surface area (Å²) in [4.78, 5) is 22.4. The average Bonchev–Trinajstić information content (AvgIpc) is 2.14. The zero-order valence-corrected chi connectivity index (χ0v) is 10.9. The maximum Gasteiger partial charge on any atom is 0.312 e. The largest absolute Gasteiger partial charge is 0.396 e. The smallest absolute Gasteiger partial charge is 0.312 e. The van der Waals surface area contributed by atoms with E-state index in [-0.39, 0.29) is 24.0 Å². The molecule has 0 saturated heterocycles. The van der Waals surface area contributed by atoms with Crippen LogP contribution in [0.3, 0.4) is 0 Å². The quantitative estimate of drug-likeness (QED) is 0.546. The molecule has 0 spiro atoms. The Morgan fingerprint density at radius 1 is 1.29 bits per heavy atom. The fourth-order valence-corrected chi connectivity index (χ4v) is 1.43. The number of hydrogen-bond donors (Lipinski definition) is 4. The lowest BCUT2D eigenvalue weighted by molar-refractivity contribution is -0.124. The summed E-state index contributed by atoms with van der Waals surface area (Å²) in [5, 5.41) is 14.1. The molecule has 2 unspecified atom stereocenters. The number of rotatable bonds is 5. The van der Waals surface area contributed by atoms with Crippen LogP contribution < -0.4 is 16.4 Å². The molecule has 0 aliphatic heterocycles. The van der Waals surface area contributed by atoms with Crippen LogP contribution in [0, 0.1) is 5.41 Å². The molecule has 100 valence electrons. The highest BCUT2D eigenvalue weighted by Gasteiger charge is 2.27. The molecule has 0 aromatic rings. The third kappa shape index (κ3) is 6.11. The van der Waals surface area contributed by atoms with E-state index in [0.717, 1.165) is 0 Å². The van der Waals surface area contributed by atoms with Crippen molar-refractivity contribution in [3.63, 3.8) is 0 Å². The number of nitrogens with two attached hydrogens (primary N) is 1. The highest BCUT2D eigenvalue weighted by molar-refractivity contribution is 5.86. The SMILES string of the molecule is CC(NC(N)=O)C(=O)NC(CCO)C(C)(C)C. The number of hydrogen-bond acceptors (Lipinski definition) is 3. The number of amides is 3. The first-order valence-corrected chi connectivity index (χ1v) is 5.65. The molecular formula is C11H23N3O3. The van der Waals surface area contributed by atoms with Crippen molar-refractivity contribution in [3.05, 3.63) is 0 Å². The summed E-state index contributed by atoms with van der Waals surface area (Å²) in [6, 6.07) is -1.57. The zero-order valence-electron chi connectivity index (χ0n) is 10.9. The lowest BCUT2D eigenvalue weighted by Crippen LogP contribution is -2.52. The van der Waals surface area contributed by atoms with Crippen molar-refractivity contribution in [2.24, 2.45) is 11.1 Å². The summed E-state index contributed by atoms with van der Waals surface area (Å²) in [7, 11) is 0. The predicted octanol–water partition coefficient (Wildman–Crippen LogP) is -0.0435. The minimum Gasteiger partial charge on any atom is -0.396 e. The van der Waals surface area contributed by atoms with Gasteiger partial charge in [-0.3, -0.25) is 4.79 Å². The molecule has 0 aromatic carbocycles. The highest BCUT2D eigenvalue weighted by Crippen LogP contribution is 2.21. The van der Waals surface area contributed by atoms with Crippen molar-refractivity contribution in [2.45, 2.75) is 46.2 Å². The van der Waals surface area contributed by atoms with Gasteiger partial charge in [0.15, 0.2) is 0 Å². The molecule has 0 fully saturated rings. The van der Waals surface area contributed by atoms with E-state index in [4.69, 9.17) is 10.8 Å². The van der Waals surface area contributed by atoms with E-state index in [1.54, 1.807) is 6.92 Å². The first-order valence-electron chi connectivity index (χ1n) is 5.65. The predicted molar refractivity (Wildman–Crippen MR) is 65.3 cm³/mol. The lowest BCUT2D eigenvalue weighted by atomic mass is 9.85. The summed E-state index contributed by atoms with van der Waals surface area (Å²) in [6.45, 7) is 7.47. The summed E-state index contributed by atoms with van der Waals surface area (Å²) < 4.78 is 0. The van der Waals surface area contributed by atoms with Crippen LogP contribution in [0.15, 0.2) is 0 Å². The summed E-state index contributed by atoms with van der Waals surface area (Å²) in [6.07, 6.45) is 0.471. The fourth-order valence-electron chi connectivity index (χ4n) is 1.43. The Morgan fingerprint density at radius 2 is 1.82 bits per heavy atom. The first kappa shape index (κ1) is 15.7. The summed E-state index contributed by atoms with van der Waals surface area (Å²) in [5.41, 5.74) is 4.77. The van der Waals surface area contributed by atoms with E-state index in [0.29, 0.717) is 6.42 Å². The first-order chi connectivity index (χ1) is 7.68. The van der Waals surface area contributed by atoms with Crippen molar-refractivity contribution < 1.29 is 14.7 Å². The second-order valence-corrected chi connectivity index (χ2v) is 5.17. The number of urea groups is 1. The molecule has 0 bridgehead atoms. The van der Waals surface area contributed by atoms with Gasteiger partial charge in [0.2, 0.25) is 5.91 Å². The Labute approximate surface area is 102 Å². The van der Waals surface area contributed by atoms with Gasteiger partial charge in [0.1, 0.15) is 6.04 Å². The van der Waals surface area contributed by atoms with Gasteiger partial charge in [-0.05, 0) is 18.8 Å². The summed E-state index contributed by atoms with van der Waals surface area (Å²) in [5.74, 6) is -0.308. The molecule has 0 aromatic heterocycles. The molecule has 5 N–H and O–H groups in total. The standard InChI is InChI=1S/C11H23N3O3/c1-7(13-10(12)17)9(16)14-8(5-6-15)11(2,3)4/h7-8,15H,5-6H2,1-4H3,(H,14,16)(H3,12,13,17). The van der Waals surface area contributed by atoms with Gasteiger partial charge in [0.05, 0.1) is 0 Å². The third-order valence-electron chi connectivity index (χ3n) is 2.53. The average molecular weight is 245 g/mol. The molecule has 0 rings (SSSR count). The van der Waals surface area contributed by atoms with Crippen LogP contribution in [0.25, 0.3) is 0 Å². The molecule has 0 aliphatic rings. The molecule has 6 nitrogen and oxygen atoms in total.